The van der Waals surface area contributed by atoms with Crippen molar-refractivity contribution in [2.75, 3.05) is 39.8 Å². The largest absolute Gasteiger partial charge is 0.497 e. The first kappa shape index (κ1) is 24.6. The summed E-state index contributed by atoms with van der Waals surface area (Å²) in [5.41, 5.74) is -0.637. The van der Waals surface area contributed by atoms with E-state index in [0.717, 1.165) is 26.1 Å². The molecule has 8 nitrogen and oxygen atoms in total. The van der Waals surface area contributed by atoms with Crippen LogP contribution in [0.25, 0.3) is 0 Å². The molecule has 3 fully saturated rings. The lowest BCUT2D eigenvalue weighted by atomic mass is 9.91. The van der Waals surface area contributed by atoms with Crippen LogP contribution in [0.5, 0.6) is 11.5 Å². The fourth-order valence-electron chi connectivity index (χ4n) is 4.99. The summed E-state index contributed by atoms with van der Waals surface area (Å²) in [6.45, 7) is 9.20. The quantitative estimate of drug-likeness (QED) is 0.652. The van der Waals surface area contributed by atoms with Gasteiger partial charge in [-0.05, 0) is 52.2 Å². The maximum atomic E-state index is 13.7. The second kappa shape index (κ2) is 10.4. The van der Waals surface area contributed by atoms with Crippen molar-refractivity contribution in [3.05, 3.63) is 24.3 Å². The van der Waals surface area contributed by atoms with Crippen LogP contribution in [0.4, 0.5) is 4.79 Å². The molecule has 34 heavy (non-hydrogen) atoms. The Kier molecular flexibility index (Phi) is 7.55. The van der Waals surface area contributed by atoms with E-state index in [2.05, 4.69) is 4.90 Å². The molecule has 3 aliphatic rings. The second-order valence-electron chi connectivity index (χ2n) is 10.6. The highest BCUT2D eigenvalue weighted by molar-refractivity contribution is 5.86. The van der Waals surface area contributed by atoms with Gasteiger partial charge in [0.15, 0.2) is 0 Å². The number of carbonyl (C=O) groups excluding carboxylic acids is 2. The van der Waals surface area contributed by atoms with Gasteiger partial charge < -0.3 is 19.1 Å². The molecule has 0 radical (unpaired) electrons. The molecule has 2 atom stereocenters. The lowest BCUT2D eigenvalue weighted by Crippen LogP contribution is -2.50. The molecular formula is C26H39N3O5. The molecule has 188 valence electrons. The molecule has 1 saturated carbocycles. The van der Waals surface area contributed by atoms with E-state index in [9.17, 15) is 9.59 Å². The highest BCUT2D eigenvalue weighted by Gasteiger charge is 2.44. The van der Waals surface area contributed by atoms with Crippen LogP contribution in [0.1, 0.15) is 52.9 Å². The van der Waals surface area contributed by atoms with Crippen molar-refractivity contribution >= 4 is 12.0 Å². The number of rotatable bonds is 5. The molecule has 0 aromatic heterocycles. The lowest BCUT2D eigenvalue weighted by Gasteiger charge is -2.37. The van der Waals surface area contributed by atoms with Gasteiger partial charge in [-0.15, -0.1) is 0 Å². The molecule has 2 heterocycles. The molecular weight excluding hydrogens is 434 g/mol. The average molecular weight is 474 g/mol. The third kappa shape index (κ3) is 5.95. The number of nitrogens with zero attached hydrogens (tertiary/aromatic N) is 3. The van der Waals surface area contributed by atoms with Crippen molar-refractivity contribution in [3.63, 3.8) is 0 Å². The van der Waals surface area contributed by atoms with Gasteiger partial charge in [0.1, 0.15) is 29.2 Å². The Labute approximate surface area is 203 Å². The fraction of sp³-hybridized carbons (Fsp3) is 0.692. The first-order valence-electron chi connectivity index (χ1n) is 12.6. The van der Waals surface area contributed by atoms with Gasteiger partial charge in [0.25, 0.3) is 0 Å². The summed E-state index contributed by atoms with van der Waals surface area (Å²) in [7, 11) is 1.61. The third-order valence-corrected chi connectivity index (χ3v) is 6.95. The molecule has 2 unspecified atom stereocenters. The van der Waals surface area contributed by atoms with Crippen LogP contribution in [-0.4, -0.2) is 90.3 Å². The van der Waals surface area contributed by atoms with E-state index in [-0.39, 0.29) is 12.0 Å². The van der Waals surface area contributed by atoms with Gasteiger partial charge in [0.05, 0.1) is 13.7 Å². The van der Waals surface area contributed by atoms with Crippen LogP contribution < -0.4 is 9.47 Å². The van der Waals surface area contributed by atoms with Gasteiger partial charge in [-0.3, -0.25) is 14.6 Å². The number of carbonyl (C=O) groups is 2. The first-order chi connectivity index (χ1) is 16.2. The van der Waals surface area contributed by atoms with E-state index in [1.165, 1.54) is 19.3 Å². The fourth-order valence-corrected chi connectivity index (χ4v) is 4.99. The van der Waals surface area contributed by atoms with Crippen LogP contribution in [0.15, 0.2) is 24.3 Å². The topological polar surface area (TPSA) is 71.6 Å². The van der Waals surface area contributed by atoms with E-state index in [0.29, 0.717) is 37.1 Å². The number of ether oxygens (including phenoxy) is 3. The Morgan fingerprint density at radius 3 is 2.44 bits per heavy atom. The van der Waals surface area contributed by atoms with Gasteiger partial charge in [-0.1, -0.05) is 12.5 Å². The minimum atomic E-state index is -0.637. The summed E-state index contributed by atoms with van der Waals surface area (Å²) >= 11 is 0. The molecule has 1 aliphatic carbocycles. The summed E-state index contributed by atoms with van der Waals surface area (Å²) in [5.74, 6) is 1.36. The maximum absolute atomic E-state index is 13.7. The van der Waals surface area contributed by atoms with Crippen molar-refractivity contribution in [1.82, 2.24) is 14.7 Å². The molecule has 1 aromatic carbocycles. The van der Waals surface area contributed by atoms with Gasteiger partial charge in [0, 0.05) is 44.7 Å². The number of amides is 2. The van der Waals surface area contributed by atoms with Crippen molar-refractivity contribution in [2.45, 2.75) is 76.7 Å². The normalized spacial score (nSPS) is 24.4. The number of hydrogen-bond acceptors (Lipinski definition) is 6. The Morgan fingerprint density at radius 1 is 1.00 bits per heavy atom. The second-order valence-corrected chi connectivity index (χ2v) is 10.6. The summed E-state index contributed by atoms with van der Waals surface area (Å²) in [6.07, 6.45) is 4.49. The number of hydrogen-bond donors (Lipinski definition) is 0. The van der Waals surface area contributed by atoms with Crippen LogP contribution in [0.3, 0.4) is 0 Å². The highest BCUT2D eigenvalue weighted by Crippen LogP contribution is 2.29. The summed E-state index contributed by atoms with van der Waals surface area (Å²) in [6, 6.07) is 7.49. The third-order valence-electron chi connectivity index (χ3n) is 6.95. The molecule has 4 rings (SSSR count). The van der Waals surface area contributed by atoms with Gasteiger partial charge in [-0.2, -0.15) is 0 Å². The Morgan fingerprint density at radius 2 is 1.76 bits per heavy atom. The van der Waals surface area contributed by atoms with E-state index >= 15 is 0 Å². The predicted octanol–water partition coefficient (Wildman–Crippen LogP) is 3.54. The van der Waals surface area contributed by atoms with Gasteiger partial charge >= 0.3 is 6.09 Å². The minimum absolute atomic E-state index is 0.00180. The number of methoxy groups -OCH3 is 1. The smallest absolute Gasteiger partial charge is 0.411 e. The molecule has 8 heteroatoms. The molecule has 2 aliphatic heterocycles. The van der Waals surface area contributed by atoms with Crippen molar-refractivity contribution in [1.29, 1.82) is 0 Å². The Bertz CT molecular complexity index is 866. The zero-order chi connectivity index (χ0) is 24.3. The summed E-state index contributed by atoms with van der Waals surface area (Å²) < 4.78 is 17.1. The van der Waals surface area contributed by atoms with Crippen LogP contribution >= 0.6 is 0 Å². The Hall–Kier alpha value is -2.48. The SMILES string of the molecule is COc1cccc(OC2CC(C(=O)N3CCCN(C4CCC4)CC3)N(C(=O)OC(C)(C)C)C2)c1. The zero-order valence-electron chi connectivity index (χ0n) is 21.0. The van der Waals surface area contributed by atoms with E-state index < -0.39 is 17.7 Å². The standard InChI is InChI=1S/C26H39N3O5/c1-26(2,3)34-25(31)29-18-22(33-21-11-6-10-20(16-21)32-4)17-23(29)24(30)28-13-7-12-27(14-15-28)19-8-5-9-19/h6,10-11,16,19,22-23H,5,7-9,12-15,17-18H2,1-4H3. The number of benzene rings is 1. The summed E-state index contributed by atoms with van der Waals surface area (Å²) in [5, 5.41) is 0. The van der Waals surface area contributed by atoms with Gasteiger partial charge in [0.2, 0.25) is 5.91 Å². The average Bonchev–Trinajstić information content (AvgIpc) is 3.02. The molecule has 0 bridgehead atoms. The van der Waals surface area contributed by atoms with Crippen molar-refractivity contribution in [3.8, 4) is 11.5 Å². The monoisotopic (exact) mass is 473 g/mol. The summed E-state index contributed by atoms with van der Waals surface area (Å²) in [4.78, 5) is 32.8. The van der Waals surface area contributed by atoms with Crippen molar-refractivity contribution < 1.29 is 23.8 Å². The lowest BCUT2D eigenvalue weighted by molar-refractivity contribution is -0.135. The number of likely N-dealkylation sites (tertiary alicyclic amines) is 1. The van der Waals surface area contributed by atoms with Crippen molar-refractivity contribution in [2.24, 2.45) is 0 Å². The van der Waals surface area contributed by atoms with E-state index in [4.69, 9.17) is 14.2 Å². The predicted molar refractivity (Wildman–Crippen MR) is 129 cm³/mol. The van der Waals surface area contributed by atoms with Crippen LogP contribution in [0.2, 0.25) is 0 Å². The first-order valence-corrected chi connectivity index (χ1v) is 12.6. The molecule has 0 spiro atoms. The van der Waals surface area contributed by atoms with E-state index in [1.54, 1.807) is 12.0 Å². The molecule has 1 aromatic rings. The minimum Gasteiger partial charge on any atom is -0.497 e. The van der Waals surface area contributed by atoms with E-state index in [1.807, 2.05) is 49.9 Å². The van der Waals surface area contributed by atoms with Gasteiger partial charge in [-0.25, -0.2) is 4.79 Å². The Balaban J connectivity index is 1.46. The molecule has 0 N–H and O–H groups in total. The highest BCUT2D eigenvalue weighted by atomic mass is 16.6. The van der Waals surface area contributed by atoms with Crippen LogP contribution in [0, 0.1) is 0 Å². The zero-order valence-corrected chi connectivity index (χ0v) is 21.0. The molecule has 2 amide bonds. The van der Waals surface area contributed by atoms with Crippen LogP contribution in [-0.2, 0) is 9.53 Å². The maximum Gasteiger partial charge on any atom is 0.411 e. The molecule has 2 saturated heterocycles.